The fourth-order valence-corrected chi connectivity index (χ4v) is 1.95. The van der Waals surface area contributed by atoms with Crippen molar-refractivity contribution in [3.05, 3.63) is 22.4 Å². The lowest BCUT2D eigenvalue weighted by Crippen LogP contribution is -2.56. The lowest BCUT2D eigenvalue weighted by molar-refractivity contribution is -0.190. The van der Waals surface area contributed by atoms with Gasteiger partial charge in [-0.25, -0.2) is 0 Å². The molecular weight excluding hydrogens is 174 g/mol. The molecule has 0 aliphatic carbocycles. The van der Waals surface area contributed by atoms with Gasteiger partial charge in [0.25, 0.3) is 0 Å². The average Bonchev–Trinajstić information content (AvgIpc) is 2.50. The minimum atomic E-state index is -0.832. The number of hydrogen-bond donors (Lipinski definition) is 2. The molecule has 1 unspecified atom stereocenters. The fraction of sp³-hybridized carbons (Fsp3) is 0.500. The second kappa shape index (κ2) is 2.81. The quantitative estimate of drug-likeness (QED) is 0.705. The van der Waals surface area contributed by atoms with Crippen molar-refractivity contribution < 1.29 is 9.84 Å². The monoisotopic (exact) mass is 185 g/mol. The summed E-state index contributed by atoms with van der Waals surface area (Å²) in [4.78, 5) is 0. The van der Waals surface area contributed by atoms with Crippen LogP contribution in [0.15, 0.2) is 16.8 Å². The Hall–Kier alpha value is -0.420. The van der Waals surface area contributed by atoms with Gasteiger partial charge >= 0.3 is 0 Å². The predicted octanol–water partition coefficient (Wildman–Crippen LogP) is 0.509. The van der Waals surface area contributed by atoms with Crippen molar-refractivity contribution in [3.8, 4) is 0 Å². The number of ether oxygens (including phenoxy) is 1. The molecule has 0 radical (unpaired) electrons. The Bertz CT molecular complexity index is 256. The molecule has 66 valence electrons. The molecule has 1 fully saturated rings. The van der Waals surface area contributed by atoms with E-state index < -0.39 is 5.60 Å². The van der Waals surface area contributed by atoms with E-state index in [0.29, 0.717) is 13.2 Å². The molecule has 0 spiro atoms. The highest BCUT2D eigenvalue weighted by atomic mass is 32.1. The molecule has 2 rings (SSSR count). The van der Waals surface area contributed by atoms with Gasteiger partial charge in [0.15, 0.2) is 0 Å². The summed E-state index contributed by atoms with van der Waals surface area (Å²) < 4.78 is 4.93. The summed E-state index contributed by atoms with van der Waals surface area (Å²) in [5, 5.41) is 13.7. The Morgan fingerprint density at radius 3 is 2.83 bits per heavy atom. The number of nitrogens with two attached hydrogens (primary N) is 1. The highest BCUT2D eigenvalue weighted by Gasteiger charge is 2.42. The Balaban J connectivity index is 2.14. The molecule has 1 aliphatic heterocycles. The van der Waals surface area contributed by atoms with E-state index in [9.17, 15) is 5.11 Å². The van der Waals surface area contributed by atoms with E-state index in [0.717, 1.165) is 5.56 Å². The summed E-state index contributed by atoms with van der Waals surface area (Å²) in [6.07, 6.45) is 0. The third-order valence-corrected chi connectivity index (χ3v) is 2.89. The zero-order valence-corrected chi connectivity index (χ0v) is 7.38. The van der Waals surface area contributed by atoms with Crippen molar-refractivity contribution in [3.63, 3.8) is 0 Å². The van der Waals surface area contributed by atoms with E-state index >= 15 is 0 Å². The fourth-order valence-electron chi connectivity index (χ4n) is 1.25. The molecule has 1 aliphatic rings. The SMILES string of the molecule is NC(c1ccsc1)C1(O)COC1. The molecule has 0 amide bonds. The zero-order valence-electron chi connectivity index (χ0n) is 6.56. The van der Waals surface area contributed by atoms with Gasteiger partial charge in [-0.05, 0) is 22.4 Å². The van der Waals surface area contributed by atoms with Crippen LogP contribution in [0, 0.1) is 0 Å². The molecule has 1 aromatic heterocycles. The maximum Gasteiger partial charge on any atom is 0.130 e. The summed E-state index contributed by atoms with van der Waals surface area (Å²) in [5.74, 6) is 0. The van der Waals surface area contributed by atoms with Gasteiger partial charge < -0.3 is 15.6 Å². The van der Waals surface area contributed by atoms with E-state index in [4.69, 9.17) is 10.5 Å². The van der Waals surface area contributed by atoms with Crippen LogP contribution in [0.4, 0.5) is 0 Å². The first-order chi connectivity index (χ1) is 5.72. The Kier molecular flexibility index (Phi) is 1.92. The van der Waals surface area contributed by atoms with Gasteiger partial charge in [-0.1, -0.05) is 0 Å². The lowest BCUT2D eigenvalue weighted by Gasteiger charge is -2.40. The Morgan fingerprint density at radius 2 is 2.42 bits per heavy atom. The van der Waals surface area contributed by atoms with Crippen LogP contribution < -0.4 is 5.73 Å². The smallest absolute Gasteiger partial charge is 0.130 e. The third-order valence-electron chi connectivity index (χ3n) is 2.19. The molecule has 0 aromatic carbocycles. The lowest BCUT2D eigenvalue weighted by atomic mass is 9.89. The number of thiophene rings is 1. The standard InChI is InChI=1S/C8H11NO2S/c9-7(6-1-2-12-3-6)8(10)4-11-5-8/h1-3,7,10H,4-5,9H2. The molecule has 0 saturated carbocycles. The van der Waals surface area contributed by atoms with E-state index in [1.165, 1.54) is 0 Å². The van der Waals surface area contributed by atoms with Crippen molar-refractivity contribution in [1.82, 2.24) is 0 Å². The van der Waals surface area contributed by atoms with Crippen LogP contribution in [0.25, 0.3) is 0 Å². The second-order valence-corrected chi connectivity index (χ2v) is 3.91. The molecular formula is C8H11NO2S. The number of aliphatic hydroxyl groups is 1. The van der Waals surface area contributed by atoms with Crippen LogP contribution in [-0.4, -0.2) is 23.9 Å². The molecule has 1 atom stereocenters. The highest BCUT2D eigenvalue weighted by Crippen LogP contribution is 2.31. The minimum absolute atomic E-state index is 0.308. The van der Waals surface area contributed by atoms with Crippen LogP contribution in [0.3, 0.4) is 0 Å². The Labute approximate surface area is 74.8 Å². The molecule has 1 aromatic rings. The van der Waals surface area contributed by atoms with E-state index in [2.05, 4.69) is 0 Å². The van der Waals surface area contributed by atoms with Crippen LogP contribution in [0.5, 0.6) is 0 Å². The summed E-state index contributed by atoms with van der Waals surface area (Å²) in [6.45, 7) is 0.702. The molecule has 3 nitrogen and oxygen atoms in total. The average molecular weight is 185 g/mol. The van der Waals surface area contributed by atoms with Crippen LogP contribution in [0.1, 0.15) is 11.6 Å². The van der Waals surface area contributed by atoms with Gasteiger partial charge in [-0.3, -0.25) is 0 Å². The van der Waals surface area contributed by atoms with Gasteiger partial charge in [-0.15, -0.1) is 0 Å². The summed E-state index contributed by atoms with van der Waals surface area (Å²) in [6, 6.07) is 1.63. The maximum absolute atomic E-state index is 9.80. The van der Waals surface area contributed by atoms with Crippen molar-refractivity contribution in [1.29, 1.82) is 0 Å². The molecule has 1 saturated heterocycles. The van der Waals surface area contributed by atoms with Crippen molar-refractivity contribution >= 4 is 11.3 Å². The topological polar surface area (TPSA) is 55.5 Å². The molecule has 3 N–H and O–H groups in total. The molecule has 2 heterocycles. The first-order valence-electron chi connectivity index (χ1n) is 3.80. The van der Waals surface area contributed by atoms with Gasteiger partial charge in [0.05, 0.1) is 19.3 Å². The van der Waals surface area contributed by atoms with E-state index in [1.807, 2.05) is 16.8 Å². The van der Waals surface area contributed by atoms with Gasteiger partial charge in [0.1, 0.15) is 5.60 Å². The van der Waals surface area contributed by atoms with E-state index in [-0.39, 0.29) is 6.04 Å². The van der Waals surface area contributed by atoms with Gasteiger partial charge in [0.2, 0.25) is 0 Å². The minimum Gasteiger partial charge on any atom is -0.383 e. The van der Waals surface area contributed by atoms with Gasteiger partial charge in [-0.2, -0.15) is 11.3 Å². The van der Waals surface area contributed by atoms with Crippen molar-refractivity contribution in [2.45, 2.75) is 11.6 Å². The maximum atomic E-state index is 9.80. The van der Waals surface area contributed by atoms with Crippen LogP contribution in [-0.2, 0) is 4.74 Å². The molecule has 12 heavy (non-hydrogen) atoms. The van der Waals surface area contributed by atoms with Crippen LogP contribution >= 0.6 is 11.3 Å². The summed E-state index contributed by atoms with van der Waals surface area (Å²) in [5.41, 5.74) is 6.01. The first-order valence-corrected chi connectivity index (χ1v) is 4.74. The molecule has 0 bridgehead atoms. The highest BCUT2D eigenvalue weighted by molar-refractivity contribution is 7.07. The second-order valence-electron chi connectivity index (χ2n) is 3.13. The number of hydrogen-bond acceptors (Lipinski definition) is 4. The Morgan fingerprint density at radius 1 is 1.67 bits per heavy atom. The molecule has 4 heteroatoms. The van der Waals surface area contributed by atoms with Gasteiger partial charge in [0, 0.05) is 0 Å². The van der Waals surface area contributed by atoms with Crippen molar-refractivity contribution in [2.24, 2.45) is 5.73 Å². The zero-order chi connectivity index (χ0) is 8.60. The first kappa shape index (κ1) is 8.19. The third kappa shape index (κ3) is 1.17. The largest absolute Gasteiger partial charge is 0.383 e. The predicted molar refractivity (Wildman–Crippen MR) is 47.0 cm³/mol. The normalized spacial score (nSPS) is 23.2. The summed E-state index contributed by atoms with van der Waals surface area (Å²) >= 11 is 1.59. The number of rotatable bonds is 2. The summed E-state index contributed by atoms with van der Waals surface area (Å²) in [7, 11) is 0. The van der Waals surface area contributed by atoms with E-state index in [1.54, 1.807) is 11.3 Å². The van der Waals surface area contributed by atoms with Crippen molar-refractivity contribution in [2.75, 3.05) is 13.2 Å². The van der Waals surface area contributed by atoms with Crippen LogP contribution in [0.2, 0.25) is 0 Å².